The number of hydrogen-bond donors (Lipinski definition) is 1. The molecule has 1 aliphatic carbocycles. The highest BCUT2D eigenvalue weighted by molar-refractivity contribution is 6.31. The largest absolute Gasteiger partial charge is 0.339 e. The number of nitrogens with one attached hydrogen (secondary N) is 1. The van der Waals surface area contributed by atoms with Crippen molar-refractivity contribution in [3.8, 4) is 0 Å². The summed E-state index contributed by atoms with van der Waals surface area (Å²) in [6.45, 7) is 1.83. The average Bonchev–Trinajstić information content (AvgIpc) is 3.27. The molecule has 116 valence electrons. The number of aromatic nitrogens is 1. The van der Waals surface area contributed by atoms with Crippen LogP contribution in [0.2, 0.25) is 5.02 Å². The molecule has 2 heterocycles. The van der Waals surface area contributed by atoms with Crippen LogP contribution >= 0.6 is 11.6 Å². The SMILES string of the molecule is CNCCC1CCCCN1C(=O)c1cc(Cl)cn1C1CC1. The second-order valence-corrected chi connectivity index (χ2v) is 6.66. The summed E-state index contributed by atoms with van der Waals surface area (Å²) in [7, 11) is 1.97. The molecular formula is C16H24ClN3O. The normalized spacial score (nSPS) is 22.6. The Morgan fingerprint density at radius 1 is 1.38 bits per heavy atom. The number of carbonyl (C=O) groups is 1. The minimum atomic E-state index is 0.162. The van der Waals surface area contributed by atoms with E-state index in [4.69, 9.17) is 11.6 Å². The number of nitrogens with zero attached hydrogens (tertiary/aromatic N) is 2. The van der Waals surface area contributed by atoms with E-state index in [1.807, 2.05) is 19.3 Å². The number of likely N-dealkylation sites (tertiary alicyclic amines) is 1. The van der Waals surface area contributed by atoms with Gasteiger partial charge in [0, 0.05) is 24.8 Å². The van der Waals surface area contributed by atoms with Crippen molar-refractivity contribution in [2.45, 2.75) is 50.6 Å². The van der Waals surface area contributed by atoms with Crippen LogP contribution in [0.15, 0.2) is 12.3 Å². The molecule has 0 aromatic carbocycles. The number of rotatable bonds is 5. The van der Waals surface area contributed by atoms with E-state index in [1.165, 1.54) is 6.42 Å². The van der Waals surface area contributed by atoms with Gasteiger partial charge in [0.2, 0.25) is 0 Å². The van der Waals surface area contributed by atoms with Crippen molar-refractivity contribution >= 4 is 17.5 Å². The summed E-state index contributed by atoms with van der Waals surface area (Å²) in [6.07, 6.45) is 8.72. The summed E-state index contributed by atoms with van der Waals surface area (Å²) in [5.41, 5.74) is 0.777. The molecule has 4 nitrogen and oxygen atoms in total. The maximum absolute atomic E-state index is 13.0. The lowest BCUT2D eigenvalue weighted by atomic mass is 9.99. The quantitative estimate of drug-likeness (QED) is 0.907. The lowest BCUT2D eigenvalue weighted by Gasteiger charge is -2.36. The zero-order valence-corrected chi connectivity index (χ0v) is 13.4. The standard InChI is InChI=1S/C16H24ClN3O/c1-18-8-7-13-4-2-3-9-19(13)16(21)15-10-12(17)11-20(15)14-5-6-14/h10-11,13-14,18H,2-9H2,1H3. The van der Waals surface area contributed by atoms with Gasteiger partial charge in [-0.15, -0.1) is 0 Å². The van der Waals surface area contributed by atoms with E-state index < -0.39 is 0 Å². The molecule has 1 aliphatic heterocycles. The topological polar surface area (TPSA) is 37.3 Å². The highest BCUT2D eigenvalue weighted by Crippen LogP contribution is 2.38. The van der Waals surface area contributed by atoms with Gasteiger partial charge in [0.1, 0.15) is 5.69 Å². The van der Waals surface area contributed by atoms with Crippen molar-refractivity contribution < 1.29 is 4.79 Å². The van der Waals surface area contributed by atoms with E-state index in [2.05, 4.69) is 14.8 Å². The molecule has 5 heteroatoms. The van der Waals surface area contributed by atoms with Crippen LogP contribution in [0.25, 0.3) is 0 Å². The van der Waals surface area contributed by atoms with Crippen LogP contribution in [0, 0.1) is 0 Å². The van der Waals surface area contributed by atoms with Gasteiger partial charge >= 0.3 is 0 Å². The first kappa shape index (κ1) is 14.9. The van der Waals surface area contributed by atoms with Crippen molar-refractivity contribution in [2.24, 2.45) is 0 Å². The summed E-state index contributed by atoms with van der Waals surface area (Å²) in [6, 6.07) is 2.68. The third kappa shape index (κ3) is 3.27. The monoisotopic (exact) mass is 309 g/mol. The van der Waals surface area contributed by atoms with E-state index in [-0.39, 0.29) is 5.91 Å². The van der Waals surface area contributed by atoms with E-state index in [1.54, 1.807) is 0 Å². The molecule has 1 atom stereocenters. The number of piperidine rings is 1. The first-order chi connectivity index (χ1) is 10.2. The number of halogens is 1. The van der Waals surface area contributed by atoms with E-state index in [9.17, 15) is 4.79 Å². The van der Waals surface area contributed by atoms with Crippen LogP contribution in [0.5, 0.6) is 0 Å². The molecule has 0 radical (unpaired) electrons. The van der Waals surface area contributed by atoms with Gasteiger partial charge in [-0.05, 0) is 58.2 Å². The molecular weight excluding hydrogens is 286 g/mol. The zero-order valence-electron chi connectivity index (χ0n) is 12.6. The molecule has 1 N–H and O–H groups in total. The first-order valence-corrected chi connectivity index (χ1v) is 8.41. The van der Waals surface area contributed by atoms with Gasteiger partial charge in [-0.1, -0.05) is 11.6 Å². The van der Waals surface area contributed by atoms with Crippen molar-refractivity contribution in [3.05, 3.63) is 23.0 Å². The van der Waals surface area contributed by atoms with Crippen LogP contribution in [0.4, 0.5) is 0 Å². The molecule has 21 heavy (non-hydrogen) atoms. The Morgan fingerprint density at radius 2 is 2.19 bits per heavy atom. The van der Waals surface area contributed by atoms with Crippen LogP contribution in [0.1, 0.15) is 55.1 Å². The lowest BCUT2D eigenvalue weighted by Crippen LogP contribution is -2.45. The predicted molar refractivity (Wildman–Crippen MR) is 84.9 cm³/mol. The van der Waals surface area contributed by atoms with Gasteiger partial charge in [-0.25, -0.2) is 0 Å². The zero-order chi connectivity index (χ0) is 14.8. The van der Waals surface area contributed by atoms with Crippen LogP contribution < -0.4 is 5.32 Å². The molecule has 2 aliphatic rings. The maximum Gasteiger partial charge on any atom is 0.270 e. The highest BCUT2D eigenvalue weighted by Gasteiger charge is 2.32. The molecule has 1 amide bonds. The molecule has 1 saturated heterocycles. The van der Waals surface area contributed by atoms with Gasteiger partial charge in [-0.3, -0.25) is 4.79 Å². The Balaban J connectivity index is 1.79. The van der Waals surface area contributed by atoms with Gasteiger partial charge in [-0.2, -0.15) is 0 Å². The average molecular weight is 310 g/mol. The Labute approximate surface area is 131 Å². The molecule has 3 rings (SSSR count). The fraction of sp³-hybridized carbons (Fsp3) is 0.688. The van der Waals surface area contributed by atoms with Crippen molar-refractivity contribution in [1.29, 1.82) is 0 Å². The molecule has 0 spiro atoms. The van der Waals surface area contributed by atoms with E-state index >= 15 is 0 Å². The first-order valence-electron chi connectivity index (χ1n) is 8.03. The summed E-state index contributed by atoms with van der Waals surface area (Å²) >= 11 is 6.14. The van der Waals surface area contributed by atoms with Crippen molar-refractivity contribution in [1.82, 2.24) is 14.8 Å². The summed E-state index contributed by atoms with van der Waals surface area (Å²) in [4.78, 5) is 15.0. The number of carbonyl (C=O) groups excluding carboxylic acids is 1. The van der Waals surface area contributed by atoms with E-state index in [0.29, 0.717) is 17.1 Å². The Hall–Kier alpha value is -1.00. The third-order valence-electron chi connectivity index (χ3n) is 4.59. The van der Waals surface area contributed by atoms with Crippen LogP contribution in [0.3, 0.4) is 0 Å². The minimum Gasteiger partial charge on any atom is -0.339 e. The molecule has 0 bridgehead atoms. The van der Waals surface area contributed by atoms with Crippen LogP contribution in [-0.2, 0) is 0 Å². The van der Waals surface area contributed by atoms with Crippen molar-refractivity contribution in [2.75, 3.05) is 20.1 Å². The second-order valence-electron chi connectivity index (χ2n) is 6.22. The Bertz CT molecular complexity index is 510. The molecule has 1 aromatic rings. The predicted octanol–water partition coefficient (Wildman–Crippen LogP) is 3.08. The molecule has 1 unspecified atom stereocenters. The van der Waals surface area contributed by atoms with Crippen molar-refractivity contribution in [3.63, 3.8) is 0 Å². The summed E-state index contributed by atoms with van der Waals surface area (Å²) in [5, 5.41) is 3.87. The third-order valence-corrected chi connectivity index (χ3v) is 4.80. The van der Waals surface area contributed by atoms with Crippen LogP contribution in [-0.4, -0.2) is 41.6 Å². The molecule has 2 fully saturated rings. The Morgan fingerprint density at radius 3 is 2.90 bits per heavy atom. The fourth-order valence-electron chi connectivity index (χ4n) is 3.30. The number of hydrogen-bond acceptors (Lipinski definition) is 2. The number of amides is 1. The van der Waals surface area contributed by atoms with Gasteiger partial charge in [0.15, 0.2) is 0 Å². The maximum atomic E-state index is 13.0. The fourth-order valence-corrected chi connectivity index (χ4v) is 3.51. The molecule has 1 aromatic heterocycles. The highest BCUT2D eigenvalue weighted by atomic mass is 35.5. The smallest absolute Gasteiger partial charge is 0.270 e. The summed E-state index contributed by atoms with van der Waals surface area (Å²) in [5.74, 6) is 0.162. The Kier molecular flexibility index (Phi) is 4.55. The van der Waals surface area contributed by atoms with E-state index in [0.717, 1.165) is 50.9 Å². The summed E-state index contributed by atoms with van der Waals surface area (Å²) < 4.78 is 2.09. The minimum absolute atomic E-state index is 0.162. The van der Waals surface area contributed by atoms with Gasteiger partial charge < -0.3 is 14.8 Å². The molecule has 1 saturated carbocycles. The van der Waals surface area contributed by atoms with Gasteiger partial charge in [0.05, 0.1) is 5.02 Å². The lowest BCUT2D eigenvalue weighted by molar-refractivity contribution is 0.0591. The second kappa shape index (κ2) is 6.41. The van der Waals surface area contributed by atoms with Gasteiger partial charge in [0.25, 0.3) is 5.91 Å².